The Kier molecular flexibility index (Phi) is 3.29. The Morgan fingerprint density at radius 1 is 1.38 bits per heavy atom. The highest BCUT2D eigenvalue weighted by molar-refractivity contribution is 7.17. The number of nitrogens with zero attached hydrogens (tertiary/aromatic N) is 4. The summed E-state index contributed by atoms with van der Waals surface area (Å²) in [4.78, 5) is 23.1. The maximum atomic E-state index is 12.2. The molecule has 3 rings (SSSR count). The first-order valence-corrected chi connectivity index (χ1v) is 7.49. The van der Waals surface area contributed by atoms with Gasteiger partial charge in [-0.1, -0.05) is 0 Å². The molecule has 0 spiro atoms. The number of carbonyl (C=O) groups excluding carboxylic acids is 1. The highest BCUT2D eigenvalue weighted by Gasteiger charge is 2.15. The van der Waals surface area contributed by atoms with Crippen LogP contribution in [0.25, 0.3) is 4.96 Å². The number of aryl methyl sites for hydroxylation is 4. The van der Waals surface area contributed by atoms with E-state index in [-0.39, 0.29) is 5.91 Å². The SMILES string of the molecule is Cc1ncn(C)c1C(=O)NCc1cn2c(C)c(C)sc2n1. The fourth-order valence-corrected chi connectivity index (χ4v) is 3.28. The van der Waals surface area contributed by atoms with Gasteiger partial charge in [0.25, 0.3) is 5.91 Å². The lowest BCUT2D eigenvalue weighted by atomic mass is 10.3. The van der Waals surface area contributed by atoms with Gasteiger partial charge in [0, 0.05) is 23.8 Å². The molecule has 1 amide bonds. The van der Waals surface area contributed by atoms with E-state index in [4.69, 9.17) is 0 Å². The highest BCUT2D eigenvalue weighted by Crippen LogP contribution is 2.21. The minimum Gasteiger partial charge on any atom is -0.345 e. The van der Waals surface area contributed by atoms with Crippen LogP contribution in [-0.2, 0) is 13.6 Å². The first-order valence-electron chi connectivity index (χ1n) is 6.67. The second-order valence-electron chi connectivity index (χ2n) is 5.10. The molecule has 0 saturated heterocycles. The Morgan fingerprint density at radius 3 is 2.76 bits per heavy atom. The molecule has 0 bridgehead atoms. The fourth-order valence-electron chi connectivity index (χ4n) is 2.31. The van der Waals surface area contributed by atoms with E-state index in [1.54, 1.807) is 22.2 Å². The number of amides is 1. The van der Waals surface area contributed by atoms with Gasteiger partial charge >= 0.3 is 0 Å². The predicted molar refractivity (Wildman–Crippen MR) is 81.7 cm³/mol. The number of carbonyl (C=O) groups is 1. The molecule has 0 aliphatic heterocycles. The molecule has 0 atom stereocenters. The monoisotopic (exact) mass is 303 g/mol. The van der Waals surface area contributed by atoms with E-state index in [1.165, 1.54) is 10.6 Å². The third kappa shape index (κ3) is 2.33. The zero-order valence-corrected chi connectivity index (χ0v) is 13.3. The van der Waals surface area contributed by atoms with Gasteiger partial charge in [-0.05, 0) is 20.8 Å². The first kappa shape index (κ1) is 13.8. The van der Waals surface area contributed by atoms with Gasteiger partial charge in [-0.2, -0.15) is 0 Å². The standard InChI is InChI=1S/C14H17N5OS/c1-8-12(18(4)7-16-8)13(20)15-5-11-6-19-9(2)10(3)21-14(19)17-11/h6-7H,5H2,1-4H3,(H,15,20). The topological polar surface area (TPSA) is 64.2 Å². The number of nitrogens with one attached hydrogen (secondary N) is 1. The molecule has 110 valence electrons. The van der Waals surface area contributed by atoms with Gasteiger partial charge in [0.2, 0.25) is 0 Å². The van der Waals surface area contributed by atoms with Crippen LogP contribution in [-0.4, -0.2) is 24.8 Å². The summed E-state index contributed by atoms with van der Waals surface area (Å²) in [6, 6.07) is 0. The maximum Gasteiger partial charge on any atom is 0.270 e. The summed E-state index contributed by atoms with van der Waals surface area (Å²) in [5.41, 5.74) is 3.37. The lowest BCUT2D eigenvalue weighted by molar-refractivity contribution is 0.0941. The molecule has 0 aromatic carbocycles. The second kappa shape index (κ2) is 5.00. The Labute approximate surface area is 126 Å². The molecule has 6 nitrogen and oxygen atoms in total. The van der Waals surface area contributed by atoms with Crippen LogP contribution in [0.5, 0.6) is 0 Å². The van der Waals surface area contributed by atoms with Gasteiger partial charge in [-0.3, -0.25) is 9.20 Å². The molecule has 3 aromatic heterocycles. The third-order valence-electron chi connectivity index (χ3n) is 3.60. The van der Waals surface area contributed by atoms with Gasteiger partial charge < -0.3 is 9.88 Å². The average Bonchev–Trinajstić information content (AvgIpc) is 3.05. The largest absolute Gasteiger partial charge is 0.345 e. The molecule has 0 fully saturated rings. The van der Waals surface area contributed by atoms with Crippen LogP contribution >= 0.6 is 11.3 Å². The minimum absolute atomic E-state index is 0.128. The molecular formula is C14H17N5OS. The number of imidazole rings is 2. The lowest BCUT2D eigenvalue weighted by Gasteiger charge is -2.04. The van der Waals surface area contributed by atoms with Crippen molar-refractivity contribution in [2.75, 3.05) is 0 Å². The summed E-state index contributed by atoms with van der Waals surface area (Å²) < 4.78 is 3.79. The van der Waals surface area contributed by atoms with Crippen molar-refractivity contribution in [2.45, 2.75) is 27.3 Å². The highest BCUT2D eigenvalue weighted by atomic mass is 32.1. The van der Waals surface area contributed by atoms with Crippen molar-refractivity contribution in [3.05, 3.63) is 40.2 Å². The van der Waals surface area contributed by atoms with E-state index in [0.29, 0.717) is 12.2 Å². The summed E-state index contributed by atoms with van der Waals surface area (Å²) in [5.74, 6) is -0.128. The normalized spacial score (nSPS) is 11.2. The van der Waals surface area contributed by atoms with Crippen molar-refractivity contribution in [2.24, 2.45) is 7.05 Å². The maximum absolute atomic E-state index is 12.2. The van der Waals surface area contributed by atoms with Crippen LogP contribution in [0.15, 0.2) is 12.5 Å². The van der Waals surface area contributed by atoms with E-state index in [2.05, 4.69) is 33.5 Å². The zero-order chi connectivity index (χ0) is 15.1. The molecule has 7 heteroatoms. The number of hydrogen-bond acceptors (Lipinski definition) is 4. The van der Waals surface area contributed by atoms with E-state index >= 15 is 0 Å². The predicted octanol–water partition coefficient (Wildman–Crippen LogP) is 1.98. The Bertz CT molecular complexity index is 807. The molecule has 0 unspecified atom stereocenters. The van der Waals surface area contributed by atoms with E-state index < -0.39 is 0 Å². The smallest absolute Gasteiger partial charge is 0.270 e. The van der Waals surface area contributed by atoms with Gasteiger partial charge in [-0.15, -0.1) is 11.3 Å². The van der Waals surface area contributed by atoms with Gasteiger partial charge in [-0.25, -0.2) is 9.97 Å². The first-order chi connectivity index (χ1) is 9.97. The second-order valence-corrected chi connectivity index (χ2v) is 6.28. The van der Waals surface area contributed by atoms with Crippen LogP contribution in [0.4, 0.5) is 0 Å². The molecular weight excluding hydrogens is 286 g/mol. The third-order valence-corrected chi connectivity index (χ3v) is 4.68. The number of thiazole rings is 1. The summed E-state index contributed by atoms with van der Waals surface area (Å²) in [5, 5.41) is 2.90. The molecule has 21 heavy (non-hydrogen) atoms. The van der Waals surface area contributed by atoms with E-state index in [1.807, 2.05) is 20.2 Å². The van der Waals surface area contributed by atoms with Crippen LogP contribution < -0.4 is 5.32 Å². The van der Waals surface area contributed by atoms with Crippen molar-refractivity contribution in [3.63, 3.8) is 0 Å². The quantitative estimate of drug-likeness (QED) is 0.804. The van der Waals surface area contributed by atoms with Crippen molar-refractivity contribution < 1.29 is 4.79 Å². The van der Waals surface area contributed by atoms with Crippen molar-refractivity contribution >= 4 is 22.2 Å². The Morgan fingerprint density at radius 2 is 2.14 bits per heavy atom. The van der Waals surface area contributed by atoms with Crippen LogP contribution in [0.1, 0.15) is 32.4 Å². The van der Waals surface area contributed by atoms with Crippen molar-refractivity contribution in [3.8, 4) is 0 Å². The number of hydrogen-bond donors (Lipinski definition) is 1. The number of aromatic nitrogens is 4. The van der Waals surface area contributed by atoms with Crippen molar-refractivity contribution in [1.29, 1.82) is 0 Å². The van der Waals surface area contributed by atoms with Gasteiger partial charge in [0.15, 0.2) is 4.96 Å². The fraction of sp³-hybridized carbons (Fsp3) is 0.357. The van der Waals surface area contributed by atoms with E-state index in [9.17, 15) is 4.79 Å². The van der Waals surface area contributed by atoms with Crippen LogP contribution in [0.2, 0.25) is 0 Å². The summed E-state index contributed by atoms with van der Waals surface area (Å²) in [6.45, 7) is 6.40. The molecule has 0 radical (unpaired) electrons. The summed E-state index contributed by atoms with van der Waals surface area (Å²) >= 11 is 1.66. The molecule has 3 aromatic rings. The zero-order valence-electron chi connectivity index (χ0n) is 12.5. The lowest BCUT2D eigenvalue weighted by Crippen LogP contribution is -2.25. The molecule has 0 aliphatic carbocycles. The molecule has 3 heterocycles. The Balaban J connectivity index is 1.76. The molecule has 1 N–H and O–H groups in total. The summed E-state index contributed by atoms with van der Waals surface area (Å²) in [6.07, 6.45) is 3.62. The van der Waals surface area contributed by atoms with Crippen LogP contribution in [0, 0.1) is 20.8 Å². The number of rotatable bonds is 3. The van der Waals surface area contributed by atoms with Gasteiger partial charge in [0.1, 0.15) is 5.69 Å². The number of fused-ring (bicyclic) bond motifs is 1. The van der Waals surface area contributed by atoms with E-state index in [0.717, 1.165) is 16.3 Å². The average molecular weight is 303 g/mol. The molecule has 0 saturated carbocycles. The summed E-state index contributed by atoms with van der Waals surface area (Å²) in [7, 11) is 1.81. The molecule has 0 aliphatic rings. The van der Waals surface area contributed by atoms with Gasteiger partial charge in [0.05, 0.1) is 24.3 Å². The van der Waals surface area contributed by atoms with Crippen LogP contribution in [0.3, 0.4) is 0 Å². The van der Waals surface area contributed by atoms with Crippen molar-refractivity contribution in [1.82, 2.24) is 24.3 Å². The Hall–Kier alpha value is -2.15. The minimum atomic E-state index is -0.128.